The van der Waals surface area contributed by atoms with Crippen LogP contribution >= 0.6 is 0 Å². The van der Waals surface area contributed by atoms with Gasteiger partial charge < -0.3 is 14.6 Å². The van der Waals surface area contributed by atoms with Crippen molar-refractivity contribution >= 4 is 11.9 Å². The molecule has 0 aliphatic heterocycles. The minimum Gasteiger partial charge on any atom is -0.481 e. The topological polar surface area (TPSA) is 72.8 Å². The lowest BCUT2D eigenvalue weighted by molar-refractivity contribution is -0.147. The van der Waals surface area contributed by atoms with E-state index in [4.69, 9.17) is 14.6 Å². The van der Waals surface area contributed by atoms with E-state index in [0.29, 0.717) is 19.4 Å². The Bertz CT molecular complexity index is 601. The first-order valence-corrected chi connectivity index (χ1v) is 12.6. The molecular formula is C27H44O5. The zero-order chi connectivity index (χ0) is 23.4. The largest absolute Gasteiger partial charge is 0.481 e. The van der Waals surface area contributed by atoms with Crippen molar-refractivity contribution in [2.75, 3.05) is 0 Å². The Morgan fingerprint density at radius 3 is 2.06 bits per heavy atom. The van der Waals surface area contributed by atoms with Gasteiger partial charge in [-0.1, -0.05) is 82.2 Å². The first-order valence-electron chi connectivity index (χ1n) is 12.6. The number of esters is 1. The van der Waals surface area contributed by atoms with Crippen LogP contribution in [-0.4, -0.2) is 29.3 Å². The van der Waals surface area contributed by atoms with E-state index < -0.39 is 5.97 Å². The van der Waals surface area contributed by atoms with Gasteiger partial charge in [0.2, 0.25) is 0 Å². The van der Waals surface area contributed by atoms with E-state index in [1.807, 2.05) is 18.2 Å². The Kier molecular flexibility index (Phi) is 16.4. The molecule has 0 amide bonds. The molecule has 182 valence electrons. The van der Waals surface area contributed by atoms with Crippen LogP contribution < -0.4 is 0 Å². The van der Waals surface area contributed by atoms with Gasteiger partial charge in [0.25, 0.3) is 0 Å². The van der Waals surface area contributed by atoms with Crippen molar-refractivity contribution in [1.82, 2.24) is 0 Å². The molecule has 1 aromatic carbocycles. The highest BCUT2D eigenvalue weighted by Gasteiger charge is 2.17. The average Bonchev–Trinajstić information content (AvgIpc) is 2.77. The lowest BCUT2D eigenvalue weighted by Gasteiger charge is -2.22. The minimum absolute atomic E-state index is 0.142. The summed E-state index contributed by atoms with van der Waals surface area (Å²) < 4.78 is 11.8. The van der Waals surface area contributed by atoms with Gasteiger partial charge in [-0.15, -0.1) is 0 Å². The molecule has 0 spiro atoms. The third-order valence-corrected chi connectivity index (χ3v) is 5.77. The van der Waals surface area contributed by atoms with Gasteiger partial charge in [-0.3, -0.25) is 9.59 Å². The van der Waals surface area contributed by atoms with E-state index in [1.54, 1.807) is 0 Å². The fraction of sp³-hybridized carbons (Fsp3) is 0.704. The lowest BCUT2D eigenvalue weighted by atomic mass is 10.00. The monoisotopic (exact) mass is 448 g/mol. The Labute approximate surface area is 194 Å². The molecule has 5 heteroatoms. The fourth-order valence-corrected chi connectivity index (χ4v) is 3.95. The molecule has 0 saturated carbocycles. The summed E-state index contributed by atoms with van der Waals surface area (Å²) in [5.74, 6) is -1.06. The summed E-state index contributed by atoms with van der Waals surface area (Å²) in [7, 11) is 0. The summed E-state index contributed by atoms with van der Waals surface area (Å²) in [6.45, 7) is 4.27. The predicted octanol–water partition coefficient (Wildman–Crippen LogP) is 7.07. The smallest absolute Gasteiger partial charge is 0.303 e. The van der Waals surface area contributed by atoms with Crippen LogP contribution in [0.1, 0.15) is 109 Å². The van der Waals surface area contributed by atoms with E-state index in [2.05, 4.69) is 19.1 Å². The van der Waals surface area contributed by atoms with Crippen molar-refractivity contribution in [3.05, 3.63) is 35.9 Å². The van der Waals surface area contributed by atoms with Crippen molar-refractivity contribution < 1.29 is 24.2 Å². The maximum Gasteiger partial charge on any atom is 0.303 e. The van der Waals surface area contributed by atoms with Gasteiger partial charge in [-0.05, 0) is 44.1 Å². The highest BCUT2D eigenvalue weighted by molar-refractivity contribution is 5.66. The second-order valence-electron chi connectivity index (χ2n) is 8.78. The molecule has 0 fully saturated rings. The van der Waals surface area contributed by atoms with E-state index in [1.165, 1.54) is 51.0 Å². The number of carbonyl (C=O) groups excluding carboxylic acids is 1. The maximum atomic E-state index is 11.5. The van der Waals surface area contributed by atoms with E-state index in [9.17, 15) is 9.59 Å². The molecule has 0 bridgehead atoms. The SMILES string of the molecule is CCCCCCCCCC(CCC(CCCCC(=O)O)OC(C)=O)OCc1ccccc1. The molecular weight excluding hydrogens is 404 g/mol. The molecule has 0 aliphatic rings. The average molecular weight is 449 g/mol. The zero-order valence-electron chi connectivity index (χ0n) is 20.2. The van der Waals surface area contributed by atoms with Crippen LogP contribution in [0, 0.1) is 0 Å². The fourth-order valence-electron chi connectivity index (χ4n) is 3.95. The van der Waals surface area contributed by atoms with Crippen LogP contribution in [-0.2, 0) is 25.7 Å². The highest BCUT2D eigenvalue weighted by Crippen LogP contribution is 2.20. The van der Waals surface area contributed by atoms with Gasteiger partial charge in [-0.25, -0.2) is 0 Å². The quantitative estimate of drug-likeness (QED) is 0.171. The van der Waals surface area contributed by atoms with Crippen LogP contribution in [0.5, 0.6) is 0 Å². The van der Waals surface area contributed by atoms with Crippen molar-refractivity contribution in [2.24, 2.45) is 0 Å². The van der Waals surface area contributed by atoms with E-state index in [0.717, 1.165) is 32.1 Å². The maximum absolute atomic E-state index is 11.5. The molecule has 1 N–H and O–H groups in total. The summed E-state index contributed by atoms with van der Waals surface area (Å²) in [5, 5.41) is 8.81. The minimum atomic E-state index is -0.780. The normalized spacial score (nSPS) is 12.9. The highest BCUT2D eigenvalue weighted by atomic mass is 16.5. The summed E-state index contributed by atoms with van der Waals surface area (Å²) in [5.41, 5.74) is 1.17. The van der Waals surface area contributed by atoms with E-state index >= 15 is 0 Å². The van der Waals surface area contributed by atoms with Crippen molar-refractivity contribution in [3.63, 3.8) is 0 Å². The van der Waals surface area contributed by atoms with Gasteiger partial charge in [0, 0.05) is 13.3 Å². The summed E-state index contributed by atoms with van der Waals surface area (Å²) in [6, 6.07) is 10.2. The number of carbonyl (C=O) groups is 2. The van der Waals surface area contributed by atoms with Crippen LogP contribution in [0.25, 0.3) is 0 Å². The van der Waals surface area contributed by atoms with Crippen LogP contribution in [0.2, 0.25) is 0 Å². The number of unbranched alkanes of at least 4 members (excludes halogenated alkanes) is 7. The molecule has 1 rings (SSSR count). The van der Waals surface area contributed by atoms with Gasteiger partial charge in [0.15, 0.2) is 0 Å². The molecule has 0 aliphatic carbocycles. The predicted molar refractivity (Wildman–Crippen MR) is 129 cm³/mol. The Morgan fingerprint density at radius 2 is 1.41 bits per heavy atom. The number of benzene rings is 1. The first-order chi connectivity index (χ1) is 15.5. The second kappa shape index (κ2) is 18.7. The first kappa shape index (κ1) is 28.2. The molecule has 0 radical (unpaired) electrons. The number of carboxylic acids is 1. The third kappa shape index (κ3) is 15.9. The van der Waals surface area contributed by atoms with Crippen LogP contribution in [0.15, 0.2) is 30.3 Å². The van der Waals surface area contributed by atoms with Gasteiger partial charge >= 0.3 is 11.9 Å². The summed E-state index contributed by atoms with van der Waals surface area (Å²) in [4.78, 5) is 22.2. The molecule has 32 heavy (non-hydrogen) atoms. The van der Waals surface area contributed by atoms with Gasteiger partial charge in [-0.2, -0.15) is 0 Å². The molecule has 0 heterocycles. The number of carboxylic acid groups (broad SMARTS) is 1. The number of hydrogen-bond donors (Lipinski definition) is 1. The molecule has 0 saturated heterocycles. The Balaban J connectivity index is 2.49. The summed E-state index contributed by atoms with van der Waals surface area (Å²) in [6.07, 6.45) is 13.7. The number of ether oxygens (including phenoxy) is 2. The van der Waals surface area contributed by atoms with Crippen LogP contribution in [0.3, 0.4) is 0 Å². The van der Waals surface area contributed by atoms with Crippen molar-refractivity contribution in [2.45, 2.75) is 123 Å². The third-order valence-electron chi connectivity index (χ3n) is 5.77. The van der Waals surface area contributed by atoms with Crippen molar-refractivity contribution in [3.8, 4) is 0 Å². The Morgan fingerprint density at radius 1 is 0.812 bits per heavy atom. The number of aliphatic carboxylic acids is 1. The lowest BCUT2D eigenvalue weighted by Crippen LogP contribution is -2.21. The molecule has 2 unspecified atom stereocenters. The second-order valence-corrected chi connectivity index (χ2v) is 8.78. The molecule has 5 nitrogen and oxygen atoms in total. The van der Waals surface area contributed by atoms with Crippen molar-refractivity contribution in [1.29, 1.82) is 0 Å². The molecule has 2 atom stereocenters. The van der Waals surface area contributed by atoms with Gasteiger partial charge in [0.05, 0.1) is 12.7 Å². The van der Waals surface area contributed by atoms with Gasteiger partial charge in [0.1, 0.15) is 6.10 Å². The molecule has 1 aromatic rings. The molecule has 0 aromatic heterocycles. The standard InChI is InChI=1S/C27H44O5/c1-3-4-5-6-7-8-12-17-25(31-22-24-15-10-9-11-16-24)20-21-26(32-23(2)28)18-13-14-19-27(29)30/h9-11,15-16,25-26H,3-8,12-14,17-22H2,1-2H3,(H,29,30). The van der Waals surface area contributed by atoms with Crippen LogP contribution in [0.4, 0.5) is 0 Å². The zero-order valence-corrected chi connectivity index (χ0v) is 20.2. The number of rotatable bonds is 20. The summed E-state index contributed by atoms with van der Waals surface area (Å²) >= 11 is 0. The van der Waals surface area contributed by atoms with E-state index in [-0.39, 0.29) is 24.6 Å². The number of hydrogen-bond acceptors (Lipinski definition) is 4. The Hall–Kier alpha value is -1.88.